The number of anilines is 1. The van der Waals surface area contributed by atoms with Crippen molar-refractivity contribution in [1.29, 1.82) is 0 Å². The van der Waals surface area contributed by atoms with Crippen LogP contribution in [-0.4, -0.2) is 44.2 Å². The van der Waals surface area contributed by atoms with Crippen LogP contribution >= 0.6 is 11.6 Å². The molecule has 0 saturated heterocycles. The third-order valence-electron chi connectivity index (χ3n) is 6.25. The maximum Gasteiger partial charge on any atom is 0.251 e. The van der Waals surface area contributed by atoms with Crippen molar-refractivity contribution >= 4 is 34.4 Å². The smallest absolute Gasteiger partial charge is 0.251 e. The quantitative estimate of drug-likeness (QED) is 0.334. The molecule has 1 aliphatic rings. The van der Waals surface area contributed by atoms with Gasteiger partial charge in [-0.25, -0.2) is 9.97 Å². The standard InChI is InChI=1S/C26H26ClN5O2/c1-15-6-8-16(9-7-15)25(34)30-17-10-18(12-19(33)11-17)31-26-29-14-22(27)24(32-26)21-13-28-23-5-3-2-4-20(21)23/h2-9,13-14,17-19,28,33H,10-12H2,1H3,(H,30,34)(H,29,31,32)/t17-,18?,19+/m1/s1. The van der Waals surface area contributed by atoms with Gasteiger partial charge in [-0.2, -0.15) is 0 Å². The molecule has 8 heteroatoms. The molecule has 7 nitrogen and oxygen atoms in total. The highest BCUT2D eigenvalue weighted by atomic mass is 35.5. The van der Waals surface area contributed by atoms with Gasteiger partial charge >= 0.3 is 0 Å². The number of halogens is 1. The summed E-state index contributed by atoms with van der Waals surface area (Å²) in [5, 5.41) is 18.3. The second kappa shape index (κ2) is 9.44. The molecule has 0 bridgehead atoms. The van der Waals surface area contributed by atoms with Gasteiger partial charge in [0.15, 0.2) is 0 Å². The number of amides is 1. The predicted molar refractivity (Wildman–Crippen MR) is 134 cm³/mol. The molecule has 174 valence electrons. The minimum absolute atomic E-state index is 0.0935. The molecule has 3 atom stereocenters. The van der Waals surface area contributed by atoms with E-state index < -0.39 is 6.10 Å². The Morgan fingerprint density at radius 1 is 1.09 bits per heavy atom. The Balaban J connectivity index is 1.31. The zero-order chi connectivity index (χ0) is 23.7. The number of hydrogen-bond donors (Lipinski definition) is 4. The van der Waals surface area contributed by atoms with Gasteiger partial charge in [0.1, 0.15) is 0 Å². The van der Waals surface area contributed by atoms with Gasteiger partial charge in [0, 0.05) is 40.3 Å². The van der Waals surface area contributed by atoms with Crippen molar-refractivity contribution < 1.29 is 9.90 Å². The van der Waals surface area contributed by atoms with E-state index in [2.05, 4.69) is 25.6 Å². The maximum absolute atomic E-state index is 12.7. The van der Waals surface area contributed by atoms with E-state index in [9.17, 15) is 9.90 Å². The third kappa shape index (κ3) is 4.76. The molecule has 2 aromatic heterocycles. The van der Waals surface area contributed by atoms with E-state index in [4.69, 9.17) is 11.6 Å². The van der Waals surface area contributed by atoms with Gasteiger partial charge in [0.2, 0.25) is 5.95 Å². The van der Waals surface area contributed by atoms with E-state index in [1.807, 2.05) is 61.7 Å². The molecule has 5 rings (SSSR count). The summed E-state index contributed by atoms with van der Waals surface area (Å²) < 4.78 is 0. The van der Waals surface area contributed by atoms with E-state index >= 15 is 0 Å². The van der Waals surface area contributed by atoms with Crippen molar-refractivity contribution in [1.82, 2.24) is 20.3 Å². The molecule has 4 aromatic rings. The van der Waals surface area contributed by atoms with Crippen LogP contribution in [0.5, 0.6) is 0 Å². The Kier molecular flexibility index (Phi) is 6.22. The molecule has 4 N–H and O–H groups in total. The normalized spacial score (nSPS) is 20.3. The van der Waals surface area contributed by atoms with Crippen molar-refractivity contribution in [2.45, 2.75) is 44.4 Å². The van der Waals surface area contributed by atoms with Crippen LogP contribution in [0.4, 0.5) is 5.95 Å². The highest BCUT2D eigenvalue weighted by Gasteiger charge is 2.29. The molecule has 1 aliphatic carbocycles. The average molecular weight is 476 g/mol. The largest absolute Gasteiger partial charge is 0.393 e. The number of carbonyl (C=O) groups is 1. The Morgan fingerprint density at radius 2 is 1.85 bits per heavy atom. The van der Waals surface area contributed by atoms with Gasteiger partial charge in [0.25, 0.3) is 5.91 Å². The first-order valence-electron chi connectivity index (χ1n) is 11.4. The topological polar surface area (TPSA) is 103 Å². The Hall–Kier alpha value is -3.42. The SMILES string of the molecule is Cc1ccc(C(=O)N[C@@H]2CC(Nc3ncc(Cl)c(-c4c[nH]c5ccccc45)n3)C[C@@H](O)C2)cc1. The average Bonchev–Trinajstić information content (AvgIpc) is 3.24. The number of aliphatic hydroxyl groups is 1. The van der Waals surface area contributed by atoms with Gasteiger partial charge in [-0.05, 0) is 44.4 Å². The molecule has 0 spiro atoms. The fourth-order valence-corrected chi connectivity index (χ4v) is 4.77. The number of aliphatic hydroxyl groups excluding tert-OH is 1. The summed E-state index contributed by atoms with van der Waals surface area (Å²) in [7, 11) is 0. The zero-order valence-electron chi connectivity index (χ0n) is 18.8. The van der Waals surface area contributed by atoms with Crippen LogP contribution in [0.25, 0.3) is 22.2 Å². The van der Waals surface area contributed by atoms with Crippen LogP contribution in [0.3, 0.4) is 0 Å². The van der Waals surface area contributed by atoms with Crippen LogP contribution in [0.2, 0.25) is 5.02 Å². The summed E-state index contributed by atoms with van der Waals surface area (Å²) in [5.74, 6) is 0.301. The molecule has 1 fully saturated rings. The lowest BCUT2D eigenvalue weighted by Crippen LogP contribution is -2.46. The number of aromatic nitrogens is 3. The number of H-pyrrole nitrogens is 1. The summed E-state index contributed by atoms with van der Waals surface area (Å²) in [5.41, 5.74) is 4.25. The van der Waals surface area contributed by atoms with Crippen LogP contribution < -0.4 is 10.6 Å². The Morgan fingerprint density at radius 3 is 2.68 bits per heavy atom. The van der Waals surface area contributed by atoms with E-state index in [1.165, 1.54) is 0 Å². The maximum atomic E-state index is 12.7. The number of fused-ring (bicyclic) bond motifs is 1. The van der Waals surface area contributed by atoms with Crippen molar-refractivity contribution in [3.63, 3.8) is 0 Å². The van der Waals surface area contributed by atoms with E-state index in [1.54, 1.807) is 6.20 Å². The molecular formula is C26H26ClN5O2. The number of nitrogens with zero attached hydrogens (tertiary/aromatic N) is 2. The molecule has 2 aromatic carbocycles. The van der Waals surface area contributed by atoms with Crippen LogP contribution in [0.15, 0.2) is 60.9 Å². The number of rotatable bonds is 5. The number of aromatic amines is 1. The van der Waals surface area contributed by atoms with Gasteiger partial charge in [-0.15, -0.1) is 0 Å². The van der Waals surface area contributed by atoms with Gasteiger partial charge in [0.05, 0.1) is 23.0 Å². The molecule has 0 aliphatic heterocycles. The lowest BCUT2D eigenvalue weighted by Gasteiger charge is -2.33. The van der Waals surface area contributed by atoms with Crippen molar-refractivity contribution in [3.05, 3.63) is 77.1 Å². The number of carbonyl (C=O) groups excluding carboxylic acids is 1. The fraction of sp³-hybridized carbons (Fsp3) is 0.269. The Labute approximate surface area is 202 Å². The zero-order valence-corrected chi connectivity index (χ0v) is 19.5. The van der Waals surface area contributed by atoms with E-state index in [-0.39, 0.29) is 18.0 Å². The van der Waals surface area contributed by atoms with Crippen LogP contribution in [0.1, 0.15) is 35.2 Å². The molecule has 1 amide bonds. The minimum atomic E-state index is -0.532. The van der Waals surface area contributed by atoms with Crippen molar-refractivity contribution in [2.75, 3.05) is 5.32 Å². The number of aryl methyl sites for hydroxylation is 1. The third-order valence-corrected chi connectivity index (χ3v) is 6.53. The summed E-state index contributed by atoms with van der Waals surface area (Å²) in [6.45, 7) is 1.98. The molecular weight excluding hydrogens is 450 g/mol. The Bertz CT molecular complexity index is 1320. The monoisotopic (exact) mass is 475 g/mol. The van der Waals surface area contributed by atoms with Crippen molar-refractivity contribution in [2.24, 2.45) is 0 Å². The first kappa shape index (κ1) is 22.4. The van der Waals surface area contributed by atoms with Gasteiger partial charge in [-0.3, -0.25) is 4.79 Å². The van der Waals surface area contributed by atoms with Crippen LogP contribution in [-0.2, 0) is 0 Å². The van der Waals surface area contributed by atoms with Crippen molar-refractivity contribution in [3.8, 4) is 11.3 Å². The first-order valence-corrected chi connectivity index (χ1v) is 11.7. The second-order valence-corrected chi connectivity index (χ2v) is 9.28. The predicted octanol–water partition coefficient (Wildman–Crippen LogP) is 4.71. The number of benzene rings is 2. The molecule has 1 unspecified atom stereocenters. The molecule has 34 heavy (non-hydrogen) atoms. The number of para-hydroxylation sites is 1. The highest BCUT2D eigenvalue weighted by molar-refractivity contribution is 6.33. The summed E-state index contributed by atoms with van der Waals surface area (Å²) in [6, 6.07) is 15.2. The van der Waals surface area contributed by atoms with Gasteiger partial charge < -0.3 is 20.7 Å². The first-order chi connectivity index (χ1) is 16.5. The van der Waals surface area contributed by atoms with Gasteiger partial charge in [-0.1, -0.05) is 47.5 Å². The molecule has 2 heterocycles. The fourth-order valence-electron chi connectivity index (χ4n) is 4.57. The summed E-state index contributed by atoms with van der Waals surface area (Å²) >= 11 is 6.45. The highest BCUT2D eigenvalue weighted by Crippen LogP contribution is 2.32. The van der Waals surface area contributed by atoms with E-state index in [0.29, 0.717) is 41.5 Å². The summed E-state index contributed by atoms with van der Waals surface area (Å²) in [6.07, 6.45) is 4.66. The lowest BCUT2D eigenvalue weighted by molar-refractivity contribution is 0.0832. The van der Waals surface area contributed by atoms with Crippen LogP contribution in [0, 0.1) is 6.92 Å². The number of nitrogens with one attached hydrogen (secondary N) is 3. The van der Waals surface area contributed by atoms with E-state index in [0.717, 1.165) is 22.0 Å². The minimum Gasteiger partial charge on any atom is -0.393 e. The summed E-state index contributed by atoms with van der Waals surface area (Å²) in [4.78, 5) is 24.9. The lowest BCUT2D eigenvalue weighted by atomic mass is 9.88. The number of hydrogen-bond acceptors (Lipinski definition) is 5. The second-order valence-electron chi connectivity index (χ2n) is 8.88. The molecule has 1 saturated carbocycles. The molecule has 0 radical (unpaired) electrons.